The zero-order chi connectivity index (χ0) is 20.6. The Hall–Kier alpha value is -0.610. The second-order valence-electron chi connectivity index (χ2n) is 6.98. The van der Waals surface area contributed by atoms with Crippen LogP contribution in [0.3, 0.4) is 0 Å². The van der Waals surface area contributed by atoms with Crippen LogP contribution in [0.5, 0.6) is 0 Å². The highest BCUT2D eigenvalue weighted by molar-refractivity contribution is 9.10. The van der Waals surface area contributed by atoms with E-state index in [2.05, 4.69) is 38.1 Å². The molecule has 0 spiro atoms. The third kappa shape index (κ3) is 6.73. The lowest BCUT2D eigenvalue weighted by Gasteiger charge is -2.38. The Balaban J connectivity index is 2.14. The van der Waals surface area contributed by atoms with E-state index in [0.717, 1.165) is 22.9 Å². The molecule has 1 aromatic carbocycles. The van der Waals surface area contributed by atoms with Gasteiger partial charge in [0.05, 0.1) is 5.75 Å². The van der Waals surface area contributed by atoms with Crippen molar-refractivity contribution in [3.05, 3.63) is 34.3 Å². The number of thioether (sulfide) groups is 1. The van der Waals surface area contributed by atoms with E-state index >= 15 is 0 Å². The van der Waals surface area contributed by atoms with Gasteiger partial charge in [0.1, 0.15) is 6.04 Å². The highest BCUT2D eigenvalue weighted by atomic mass is 79.9. The van der Waals surface area contributed by atoms with Gasteiger partial charge in [-0.3, -0.25) is 4.79 Å². The average molecular weight is 493 g/mol. The number of carbonyl (C=O) groups is 1. The first-order valence-corrected chi connectivity index (χ1v) is 13.3. The van der Waals surface area contributed by atoms with Crippen LogP contribution in [0.15, 0.2) is 28.7 Å². The lowest BCUT2D eigenvalue weighted by Crippen LogP contribution is -2.51. The summed E-state index contributed by atoms with van der Waals surface area (Å²) < 4.78 is 33.1. The van der Waals surface area contributed by atoms with Crippen LogP contribution in [0.2, 0.25) is 0 Å². The molecule has 2 rings (SSSR count). The summed E-state index contributed by atoms with van der Waals surface area (Å²) >= 11 is 5.12. The van der Waals surface area contributed by atoms with Crippen LogP contribution in [0.4, 0.5) is 0 Å². The molecule has 1 atom stereocenters. The summed E-state index contributed by atoms with van der Waals surface area (Å²) in [7, 11) is -3.46. The van der Waals surface area contributed by atoms with E-state index in [1.807, 2.05) is 18.4 Å². The van der Waals surface area contributed by atoms with Gasteiger partial charge < -0.3 is 10.1 Å². The van der Waals surface area contributed by atoms with Gasteiger partial charge in [-0.2, -0.15) is 11.8 Å². The van der Waals surface area contributed by atoms with Crippen LogP contribution in [-0.4, -0.2) is 57.9 Å². The summed E-state index contributed by atoms with van der Waals surface area (Å²) in [6.07, 6.45) is 4.01. The van der Waals surface area contributed by atoms with E-state index in [9.17, 15) is 13.2 Å². The van der Waals surface area contributed by atoms with Gasteiger partial charge in [0, 0.05) is 29.6 Å². The summed E-state index contributed by atoms with van der Waals surface area (Å²) in [5.41, 5.74) is 0.936. The van der Waals surface area contributed by atoms with Crippen LogP contribution < -0.4 is 10.0 Å². The molecule has 0 radical (unpaired) electrons. The third-order valence-corrected chi connectivity index (χ3v) is 7.66. The van der Waals surface area contributed by atoms with Crippen molar-refractivity contribution >= 4 is 43.6 Å². The standard InChI is InChI=1S/C19H29BrN2O4S2/c1-3-28(24,25)22-17(7-12-27-2)18(23)21-14-19(8-10-26-11-9-19)15-5-4-6-16(20)13-15/h4-6,13,17,22H,3,7-12,14H2,1-2H3,(H,21,23). The number of nitrogens with one attached hydrogen (secondary N) is 2. The van der Waals surface area contributed by atoms with Crippen molar-refractivity contribution in [1.29, 1.82) is 0 Å². The number of carbonyl (C=O) groups excluding carboxylic acids is 1. The molecule has 1 heterocycles. The molecule has 1 aliphatic rings. The molecule has 0 aliphatic carbocycles. The minimum atomic E-state index is -3.46. The number of benzene rings is 1. The van der Waals surface area contributed by atoms with Gasteiger partial charge in [-0.05, 0) is 55.9 Å². The largest absolute Gasteiger partial charge is 0.381 e. The van der Waals surface area contributed by atoms with Crippen molar-refractivity contribution in [1.82, 2.24) is 10.0 Å². The average Bonchev–Trinajstić information content (AvgIpc) is 2.70. The van der Waals surface area contributed by atoms with Gasteiger partial charge in [-0.15, -0.1) is 0 Å². The molecule has 158 valence electrons. The highest BCUT2D eigenvalue weighted by Crippen LogP contribution is 2.35. The van der Waals surface area contributed by atoms with E-state index < -0.39 is 16.1 Å². The van der Waals surface area contributed by atoms with Crippen LogP contribution >= 0.6 is 27.7 Å². The Bertz CT molecular complexity index is 752. The van der Waals surface area contributed by atoms with Gasteiger partial charge in [0.15, 0.2) is 0 Å². The number of hydrogen-bond donors (Lipinski definition) is 2. The predicted molar refractivity (Wildman–Crippen MR) is 118 cm³/mol. The fourth-order valence-corrected chi connectivity index (χ4v) is 5.00. The Kier molecular flexibility index (Phi) is 9.27. The zero-order valence-corrected chi connectivity index (χ0v) is 19.6. The second kappa shape index (κ2) is 11.0. The molecule has 1 aliphatic heterocycles. The summed E-state index contributed by atoms with van der Waals surface area (Å²) in [6, 6.07) is 7.38. The molecule has 0 saturated carbocycles. The smallest absolute Gasteiger partial charge is 0.238 e. The minimum absolute atomic E-state index is 0.0463. The molecule has 1 saturated heterocycles. The summed E-state index contributed by atoms with van der Waals surface area (Å²) in [6.45, 7) is 3.30. The van der Waals surface area contributed by atoms with E-state index in [1.54, 1.807) is 18.7 Å². The number of hydrogen-bond acceptors (Lipinski definition) is 5. The maximum absolute atomic E-state index is 12.8. The predicted octanol–water partition coefficient (Wildman–Crippen LogP) is 2.67. The monoisotopic (exact) mass is 492 g/mol. The summed E-state index contributed by atoms with van der Waals surface area (Å²) in [5, 5.41) is 3.02. The Morgan fingerprint density at radius 2 is 2.07 bits per heavy atom. The lowest BCUT2D eigenvalue weighted by atomic mass is 9.74. The maximum Gasteiger partial charge on any atom is 0.238 e. The Labute approximate surface area is 180 Å². The SMILES string of the molecule is CCS(=O)(=O)NC(CCSC)C(=O)NCC1(c2cccc(Br)c2)CCOCC1. The number of amides is 1. The number of sulfonamides is 1. The molecule has 0 aromatic heterocycles. The molecule has 1 amide bonds. The first-order valence-electron chi connectivity index (χ1n) is 9.42. The summed E-state index contributed by atoms with van der Waals surface area (Å²) in [5.74, 6) is 0.386. The van der Waals surface area contributed by atoms with Crippen LogP contribution in [0.25, 0.3) is 0 Å². The lowest BCUT2D eigenvalue weighted by molar-refractivity contribution is -0.123. The van der Waals surface area contributed by atoms with Gasteiger partial charge in [0.2, 0.25) is 15.9 Å². The molecular formula is C19H29BrN2O4S2. The highest BCUT2D eigenvalue weighted by Gasteiger charge is 2.36. The first kappa shape index (κ1) is 23.7. The minimum Gasteiger partial charge on any atom is -0.381 e. The van der Waals surface area contributed by atoms with Crippen molar-refractivity contribution in [3.8, 4) is 0 Å². The van der Waals surface area contributed by atoms with E-state index in [0.29, 0.717) is 31.9 Å². The molecule has 1 fully saturated rings. The van der Waals surface area contributed by atoms with E-state index in [1.165, 1.54) is 0 Å². The molecule has 0 bridgehead atoms. The van der Waals surface area contributed by atoms with Crippen LogP contribution in [-0.2, 0) is 25.0 Å². The van der Waals surface area contributed by atoms with Crippen molar-refractivity contribution < 1.29 is 17.9 Å². The molecule has 1 aromatic rings. The van der Waals surface area contributed by atoms with Gasteiger partial charge in [0.25, 0.3) is 0 Å². The summed E-state index contributed by atoms with van der Waals surface area (Å²) in [4.78, 5) is 12.8. The van der Waals surface area contributed by atoms with Crippen LogP contribution in [0, 0.1) is 0 Å². The van der Waals surface area contributed by atoms with Gasteiger partial charge >= 0.3 is 0 Å². The normalized spacial score (nSPS) is 17.8. The van der Waals surface area contributed by atoms with Crippen molar-refractivity contribution in [3.63, 3.8) is 0 Å². The second-order valence-corrected chi connectivity index (χ2v) is 10.9. The third-order valence-electron chi connectivity index (χ3n) is 5.12. The Morgan fingerprint density at radius 3 is 2.68 bits per heavy atom. The van der Waals surface area contributed by atoms with E-state index in [4.69, 9.17) is 4.74 Å². The maximum atomic E-state index is 12.8. The van der Waals surface area contributed by atoms with Gasteiger partial charge in [-0.1, -0.05) is 28.1 Å². The van der Waals surface area contributed by atoms with Gasteiger partial charge in [-0.25, -0.2) is 13.1 Å². The Morgan fingerprint density at radius 1 is 1.36 bits per heavy atom. The van der Waals surface area contributed by atoms with Crippen molar-refractivity contribution in [2.75, 3.05) is 37.5 Å². The molecular weight excluding hydrogens is 464 g/mol. The topological polar surface area (TPSA) is 84.5 Å². The van der Waals surface area contributed by atoms with E-state index in [-0.39, 0.29) is 17.1 Å². The fourth-order valence-electron chi connectivity index (χ4n) is 3.31. The number of halogens is 1. The molecule has 9 heteroatoms. The van der Waals surface area contributed by atoms with Crippen molar-refractivity contribution in [2.24, 2.45) is 0 Å². The molecule has 1 unspecified atom stereocenters. The number of ether oxygens (including phenoxy) is 1. The first-order chi connectivity index (χ1) is 13.3. The van der Waals surface area contributed by atoms with Crippen molar-refractivity contribution in [2.45, 2.75) is 37.6 Å². The molecule has 28 heavy (non-hydrogen) atoms. The fraction of sp³-hybridized carbons (Fsp3) is 0.632. The van der Waals surface area contributed by atoms with Crippen LogP contribution in [0.1, 0.15) is 31.7 Å². The zero-order valence-electron chi connectivity index (χ0n) is 16.4. The number of rotatable bonds is 10. The molecule has 6 nitrogen and oxygen atoms in total. The molecule has 2 N–H and O–H groups in total. The quantitative estimate of drug-likeness (QED) is 0.524.